The van der Waals surface area contributed by atoms with Crippen molar-refractivity contribution < 1.29 is 14.3 Å². The van der Waals surface area contributed by atoms with Crippen molar-refractivity contribution in [3.05, 3.63) is 57.8 Å². The number of rotatable bonds is 3. The number of aromatic nitrogens is 2. The molecule has 0 spiro atoms. The molecule has 0 bridgehead atoms. The van der Waals surface area contributed by atoms with Crippen LogP contribution in [0.3, 0.4) is 0 Å². The molecule has 0 aromatic carbocycles. The molecule has 0 saturated heterocycles. The van der Waals surface area contributed by atoms with Crippen LogP contribution in [-0.4, -0.2) is 28.5 Å². The molecule has 0 radical (unpaired) electrons. The molecule has 0 aliphatic carbocycles. The minimum atomic E-state index is -0.567. The summed E-state index contributed by atoms with van der Waals surface area (Å²) < 4.78 is 6.25. The SMILES string of the molecule is COC(=O)c1cc(NC(=O)c2cn(C)ccc2=O)cnc1C. The third-order valence-electron chi connectivity index (χ3n) is 3.05. The number of nitrogens with zero attached hydrogens (tertiary/aromatic N) is 2. The largest absolute Gasteiger partial charge is 0.465 e. The Hall–Kier alpha value is -2.96. The quantitative estimate of drug-likeness (QED) is 0.858. The molecule has 0 aliphatic heterocycles. The van der Waals surface area contributed by atoms with E-state index in [1.807, 2.05) is 0 Å². The van der Waals surface area contributed by atoms with Crippen molar-refractivity contribution in [2.75, 3.05) is 12.4 Å². The molecule has 0 fully saturated rings. The van der Waals surface area contributed by atoms with E-state index in [1.165, 1.54) is 31.6 Å². The molecule has 2 heterocycles. The van der Waals surface area contributed by atoms with Gasteiger partial charge in [0, 0.05) is 25.5 Å². The van der Waals surface area contributed by atoms with Crippen molar-refractivity contribution in [3.8, 4) is 0 Å². The molecule has 7 nitrogen and oxygen atoms in total. The van der Waals surface area contributed by atoms with Crippen molar-refractivity contribution in [3.63, 3.8) is 0 Å². The summed E-state index contributed by atoms with van der Waals surface area (Å²) in [6.07, 6.45) is 4.40. The highest BCUT2D eigenvalue weighted by Gasteiger charge is 2.14. The molecule has 1 N–H and O–H groups in total. The van der Waals surface area contributed by atoms with Gasteiger partial charge in [0.1, 0.15) is 5.56 Å². The monoisotopic (exact) mass is 301 g/mol. The number of hydrogen-bond donors (Lipinski definition) is 1. The zero-order chi connectivity index (χ0) is 16.3. The van der Waals surface area contributed by atoms with Crippen molar-refractivity contribution >= 4 is 17.6 Å². The van der Waals surface area contributed by atoms with E-state index in [1.54, 1.807) is 24.7 Å². The van der Waals surface area contributed by atoms with E-state index in [9.17, 15) is 14.4 Å². The Bertz CT molecular complexity index is 796. The average Bonchev–Trinajstić information content (AvgIpc) is 2.50. The Morgan fingerprint density at radius 2 is 2.05 bits per heavy atom. The van der Waals surface area contributed by atoms with Gasteiger partial charge in [-0.15, -0.1) is 0 Å². The molecule has 7 heteroatoms. The predicted molar refractivity (Wildman–Crippen MR) is 79.9 cm³/mol. The molecule has 0 atom stereocenters. The van der Waals surface area contributed by atoms with E-state index in [2.05, 4.69) is 15.0 Å². The van der Waals surface area contributed by atoms with Gasteiger partial charge in [0.2, 0.25) is 0 Å². The van der Waals surface area contributed by atoms with Gasteiger partial charge in [-0.05, 0) is 13.0 Å². The summed E-state index contributed by atoms with van der Waals surface area (Å²) in [4.78, 5) is 39.5. The maximum Gasteiger partial charge on any atom is 0.339 e. The highest BCUT2D eigenvalue weighted by molar-refractivity contribution is 6.04. The van der Waals surface area contributed by atoms with E-state index >= 15 is 0 Å². The third-order valence-corrected chi connectivity index (χ3v) is 3.05. The number of esters is 1. The van der Waals surface area contributed by atoms with Crippen LogP contribution in [0.1, 0.15) is 26.4 Å². The molecule has 0 aliphatic rings. The first-order valence-corrected chi connectivity index (χ1v) is 6.45. The van der Waals surface area contributed by atoms with Crippen LogP contribution in [0.2, 0.25) is 0 Å². The van der Waals surface area contributed by atoms with Gasteiger partial charge in [0.25, 0.3) is 5.91 Å². The average molecular weight is 301 g/mol. The molecular formula is C15H15N3O4. The molecule has 2 aromatic heterocycles. The number of hydrogen-bond acceptors (Lipinski definition) is 5. The second-order valence-electron chi connectivity index (χ2n) is 4.69. The molecule has 114 valence electrons. The highest BCUT2D eigenvalue weighted by atomic mass is 16.5. The normalized spacial score (nSPS) is 10.1. The second kappa shape index (κ2) is 6.21. The summed E-state index contributed by atoms with van der Waals surface area (Å²) in [6, 6.07) is 2.77. The van der Waals surface area contributed by atoms with Gasteiger partial charge in [0.05, 0.1) is 30.3 Å². The number of carbonyl (C=O) groups excluding carboxylic acids is 2. The van der Waals surface area contributed by atoms with Gasteiger partial charge in [-0.25, -0.2) is 4.79 Å². The van der Waals surface area contributed by atoms with Crippen LogP contribution in [0, 0.1) is 6.92 Å². The summed E-state index contributed by atoms with van der Waals surface area (Å²) in [5.74, 6) is -1.11. The Kier molecular flexibility index (Phi) is 4.36. The Morgan fingerprint density at radius 1 is 1.32 bits per heavy atom. The number of ether oxygens (including phenoxy) is 1. The molecule has 0 saturated carbocycles. The van der Waals surface area contributed by atoms with Gasteiger partial charge in [0.15, 0.2) is 5.43 Å². The lowest BCUT2D eigenvalue weighted by Crippen LogP contribution is -2.22. The molecule has 2 aromatic rings. The van der Waals surface area contributed by atoms with Crippen LogP contribution in [0.15, 0.2) is 35.5 Å². The fraction of sp³-hybridized carbons (Fsp3) is 0.200. The first-order chi connectivity index (χ1) is 10.4. The van der Waals surface area contributed by atoms with E-state index in [-0.39, 0.29) is 16.6 Å². The van der Waals surface area contributed by atoms with Crippen molar-refractivity contribution in [2.24, 2.45) is 7.05 Å². The van der Waals surface area contributed by atoms with Crippen molar-refractivity contribution in [1.82, 2.24) is 9.55 Å². The van der Waals surface area contributed by atoms with E-state index < -0.39 is 11.9 Å². The lowest BCUT2D eigenvalue weighted by atomic mass is 10.2. The summed E-state index contributed by atoms with van der Waals surface area (Å²) in [7, 11) is 2.97. The fourth-order valence-electron chi connectivity index (χ4n) is 1.87. The van der Waals surface area contributed by atoms with Gasteiger partial charge in [-0.2, -0.15) is 0 Å². The molecule has 2 rings (SSSR count). The zero-order valence-corrected chi connectivity index (χ0v) is 12.4. The number of aryl methyl sites for hydroxylation is 2. The van der Waals surface area contributed by atoms with Gasteiger partial charge in [-0.3, -0.25) is 14.6 Å². The smallest absolute Gasteiger partial charge is 0.339 e. The standard InChI is InChI=1S/C15H15N3O4/c1-9-11(15(21)22-3)6-10(7-16-9)17-14(20)12-8-18(2)5-4-13(12)19/h4-8H,1-3H3,(H,17,20). The number of nitrogens with one attached hydrogen (secondary N) is 1. The number of amides is 1. The lowest BCUT2D eigenvalue weighted by molar-refractivity contribution is 0.0599. The Balaban J connectivity index is 2.31. The van der Waals surface area contributed by atoms with E-state index in [0.717, 1.165) is 0 Å². The van der Waals surface area contributed by atoms with Crippen LogP contribution in [0.4, 0.5) is 5.69 Å². The van der Waals surface area contributed by atoms with Crippen LogP contribution in [0.25, 0.3) is 0 Å². The van der Waals surface area contributed by atoms with Gasteiger partial charge in [-0.1, -0.05) is 0 Å². The number of carbonyl (C=O) groups is 2. The van der Waals surface area contributed by atoms with Crippen LogP contribution < -0.4 is 10.7 Å². The van der Waals surface area contributed by atoms with Crippen LogP contribution >= 0.6 is 0 Å². The van der Waals surface area contributed by atoms with E-state index in [0.29, 0.717) is 11.4 Å². The Morgan fingerprint density at radius 3 is 2.73 bits per heavy atom. The van der Waals surface area contributed by atoms with Crippen LogP contribution in [0.5, 0.6) is 0 Å². The fourth-order valence-corrected chi connectivity index (χ4v) is 1.87. The minimum absolute atomic E-state index is 0.00481. The molecule has 1 amide bonds. The first-order valence-electron chi connectivity index (χ1n) is 6.45. The van der Waals surface area contributed by atoms with Gasteiger partial charge >= 0.3 is 5.97 Å². The zero-order valence-electron chi connectivity index (χ0n) is 12.4. The van der Waals surface area contributed by atoms with Crippen molar-refractivity contribution in [2.45, 2.75) is 6.92 Å². The topological polar surface area (TPSA) is 90.3 Å². The molecule has 0 unspecified atom stereocenters. The number of pyridine rings is 2. The van der Waals surface area contributed by atoms with Crippen molar-refractivity contribution in [1.29, 1.82) is 0 Å². The predicted octanol–water partition coefficient (Wildman–Crippen LogP) is 1.13. The van der Waals surface area contributed by atoms with E-state index in [4.69, 9.17) is 0 Å². The Labute approximate surface area is 126 Å². The molecule has 22 heavy (non-hydrogen) atoms. The maximum atomic E-state index is 12.2. The third kappa shape index (κ3) is 3.20. The number of methoxy groups -OCH3 is 1. The second-order valence-corrected chi connectivity index (χ2v) is 4.69. The number of anilines is 1. The summed E-state index contributed by atoms with van der Waals surface area (Å²) in [6.45, 7) is 1.66. The molecular weight excluding hydrogens is 286 g/mol. The minimum Gasteiger partial charge on any atom is -0.465 e. The summed E-state index contributed by atoms with van der Waals surface area (Å²) in [5, 5.41) is 2.55. The summed E-state index contributed by atoms with van der Waals surface area (Å²) >= 11 is 0. The lowest BCUT2D eigenvalue weighted by Gasteiger charge is -2.08. The van der Waals surface area contributed by atoms with Crippen LogP contribution in [-0.2, 0) is 11.8 Å². The summed E-state index contributed by atoms with van der Waals surface area (Å²) in [5.41, 5.74) is 0.665. The maximum absolute atomic E-state index is 12.2. The van der Waals surface area contributed by atoms with Gasteiger partial charge < -0.3 is 14.6 Å². The first kappa shape index (κ1) is 15.4. The highest BCUT2D eigenvalue weighted by Crippen LogP contribution is 2.14.